The highest BCUT2D eigenvalue weighted by Gasteiger charge is 2.57. The lowest BCUT2D eigenvalue weighted by atomic mass is 9.91. The minimum atomic E-state index is 0. The topological polar surface area (TPSA) is 44.4 Å². The molecule has 25 heavy (non-hydrogen) atoms. The molecule has 4 nitrogen and oxygen atoms in total. The second kappa shape index (κ2) is 10.1. The first-order valence-corrected chi connectivity index (χ1v) is 9.89. The third-order valence-electron chi connectivity index (χ3n) is 5.76. The molecule has 0 radical (unpaired) electrons. The van der Waals surface area contributed by atoms with Crippen LogP contribution in [0.2, 0.25) is 0 Å². The van der Waals surface area contributed by atoms with Gasteiger partial charge in [-0.05, 0) is 73.2 Å². The van der Waals surface area contributed by atoms with Crippen LogP contribution in [0.25, 0.3) is 0 Å². The summed E-state index contributed by atoms with van der Waals surface area (Å²) in [5.74, 6) is 0.531. The van der Waals surface area contributed by atoms with E-state index in [1.807, 2.05) is 0 Å². The van der Waals surface area contributed by atoms with E-state index in [1.54, 1.807) is 11.3 Å². The molecule has 0 aromatic carbocycles. The molecule has 1 saturated heterocycles. The summed E-state index contributed by atoms with van der Waals surface area (Å²) in [6.07, 6.45) is 3.42. The Labute approximate surface area is 167 Å². The van der Waals surface area contributed by atoms with E-state index in [1.165, 1.54) is 5.56 Å². The van der Waals surface area contributed by atoms with Crippen molar-refractivity contribution >= 4 is 42.1 Å². The third kappa shape index (κ3) is 5.10. The van der Waals surface area contributed by atoms with Gasteiger partial charge in [-0.25, -0.2) is 0 Å². The fourth-order valence-electron chi connectivity index (χ4n) is 4.10. The fraction of sp³-hybridized carbons (Fsp3) is 0.722. The standard InChI is InChI=1S/C18H29N3OS.2ClH/c1-3-21(4-2)16(14-5-10-23-13-14)12-20-17(22)15-11-18(15)6-8-19-9-7-18;;/h5,10,13,15-16,19H,3-4,6-9,11-12H2,1-2H3,(H,20,22);2*1H. The van der Waals surface area contributed by atoms with Gasteiger partial charge in [0, 0.05) is 12.5 Å². The first-order chi connectivity index (χ1) is 11.2. The summed E-state index contributed by atoms with van der Waals surface area (Å²) in [6.45, 7) is 9.26. The Morgan fingerprint density at radius 3 is 2.60 bits per heavy atom. The Morgan fingerprint density at radius 1 is 1.36 bits per heavy atom. The molecule has 1 saturated carbocycles. The quantitative estimate of drug-likeness (QED) is 0.726. The van der Waals surface area contributed by atoms with Crippen LogP contribution >= 0.6 is 36.2 Å². The molecule has 2 N–H and O–H groups in total. The number of rotatable bonds is 7. The zero-order valence-corrected chi connectivity index (χ0v) is 17.6. The molecule has 1 aromatic heterocycles. The number of thiophene rings is 1. The first kappa shape index (κ1) is 22.7. The molecule has 1 aliphatic heterocycles. The molecule has 1 aliphatic carbocycles. The van der Waals surface area contributed by atoms with Crippen LogP contribution in [0.4, 0.5) is 0 Å². The van der Waals surface area contributed by atoms with Crippen molar-refractivity contribution in [2.75, 3.05) is 32.7 Å². The van der Waals surface area contributed by atoms with Crippen LogP contribution < -0.4 is 10.6 Å². The van der Waals surface area contributed by atoms with Crippen molar-refractivity contribution in [3.8, 4) is 0 Å². The van der Waals surface area contributed by atoms with Crippen molar-refractivity contribution in [1.29, 1.82) is 0 Å². The molecule has 2 aliphatic rings. The Hall–Kier alpha value is -0.330. The van der Waals surface area contributed by atoms with Gasteiger partial charge in [-0.1, -0.05) is 13.8 Å². The zero-order chi connectivity index (χ0) is 16.3. The summed E-state index contributed by atoms with van der Waals surface area (Å²) in [4.78, 5) is 15.0. The number of halogens is 2. The summed E-state index contributed by atoms with van der Waals surface area (Å²) < 4.78 is 0. The molecule has 144 valence electrons. The highest BCUT2D eigenvalue weighted by Crippen LogP contribution is 2.58. The van der Waals surface area contributed by atoms with Gasteiger partial charge >= 0.3 is 0 Å². The minimum absolute atomic E-state index is 0. The van der Waals surface area contributed by atoms with Crippen LogP contribution in [0, 0.1) is 11.3 Å². The van der Waals surface area contributed by atoms with Gasteiger partial charge in [0.2, 0.25) is 5.91 Å². The Morgan fingerprint density at radius 2 is 2.04 bits per heavy atom. The second-order valence-electron chi connectivity index (χ2n) is 6.91. The normalized spacial score (nSPS) is 22.0. The van der Waals surface area contributed by atoms with E-state index in [0.29, 0.717) is 11.5 Å². The van der Waals surface area contributed by atoms with Crippen molar-refractivity contribution in [1.82, 2.24) is 15.5 Å². The SMILES string of the molecule is CCN(CC)C(CNC(=O)C1CC12CCNCC2)c1ccsc1.Cl.Cl. The van der Waals surface area contributed by atoms with Gasteiger partial charge in [-0.15, -0.1) is 24.8 Å². The number of amides is 1. The number of carbonyl (C=O) groups is 1. The van der Waals surface area contributed by atoms with Gasteiger partial charge in [-0.3, -0.25) is 9.69 Å². The maximum Gasteiger partial charge on any atom is 0.223 e. The lowest BCUT2D eigenvalue weighted by Crippen LogP contribution is -2.39. The van der Waals surface area contributed by atoms with Gasteiger partial charge in [-0.2, -0.15) is 11.3 Å². The summed E-state index contributed by atoms with van der Waals surface area (Å²) >= 11 is 1.73. The van der Waals surface area contributed by atoms with Crippen LogP contribution in [0.1, 0.15) is 44.7 Å². The monoisotopic (exact) mass is 407 g/mol. The number of hydrogen-bond acceptors (Lipinski definition) is 4. The molecular formula is C18H31Cl2N3OS. The maximum atomic E-state index is 12.6. The van der Waals surface area contributed by atoms with Crippen molar-refractivity contribution in [3.63, 3.8) is 0 Å². The average Bonchev–Trinajstić information content (AvgIpc) is 3.00. The minimum Gasteiger partial charge on any atom is -0.354 e. The van der Waals surface area contributed by atoms with Crippen LogP contribution in [-0.4, -0.2) is 43.5 Å². The zero-order valence-electron chi connectivity index (χ0n) is 15.1. The van der Waals surface area contributed by atoms with E-state index in [4.69, 9.17) is 0 Å². The molecule has 1 spiro atoms. The van der Waals surface area contributed by atoms with Gasteiger partial charge in [0.05, 0.1) is 6.04 Å². The highest BCUT2D eigenvalue weighted by atomic mass is 35.5. The Bertz CT molecular complexity index is 516. The lowest BCUT2D eigenvalue weighted by molar-refractivity contribution is -0.123. The highest BCUT2D eigenvalue weighted by molar-refractivity contribution is 7.07. The molecule has 1 aromatic rings. The second-order valence-corrected chi connectivity index (χ2v) is 7.69. The third-order valence-corrected chi connectivity index (χ3v) is 6.46. The van der Waals surface area contributed by atoms with Crippen molar-refractivity contribution in [2.24, 2.45) is 11.3 Å². The summed E-state index contributed by atoms with van der Waals surface area (Å²) in [6, 6.07) is 2.48. The van der Waals surface area contributed by atoms with Crippen molar-refractivity contribution in [2.45, 2.75) is 39.2 Å². The summed E-state index contributed by atoms with van der Waals surface area (Å²) in [5, 5.41) is 11.0. The van der Waals surface area contributed by atoms with E-state index in [2.05, 4.69) is 46.2 Å². The molecule has 0 bridgehead atoms. The first-order valence-electron chi connectivity index (χ1n) is 8.94. The maximum absolute atomic E-state index is 12.6. The number of carbonyl (C=O) groups excluding carboxylic acids is 1. The predicted molar refractivity (Wildman–Crippen MR) is 110 cm³/mol. The molecular weight excluding hydrogens is 377 g/mol. The molecule has 2 heterocycles. The van der Waals surface area contributed by atoms with E-state index in [9.17, 15) is 4.79 Å². The van der Waals surface area contributed by atoms with Crippen LogP contribution in [-0.2, 0) is 4.79 Å². The molecule has 7 heteroatoms. The average molecular weight is 408 g/mol. The smallest absolute Gasteiger partial charge is 0.223 e. The van der Waals surface area contributed by atoms with Crippen molar-refractivity contribution in [3.05, 3.63) is 22.4 Å². The molecule has 2 atom stereocenters. The number of nitrogens with zero attached hydrogens (tertiary/aromatic N) is 1. The van der Waals surface area contributed by atoms with Gasteiger partial charge < -0.3 is 10.6 Å². The van der Waals surface area contributed by atoms with Crippen LogP contribution in [0.5, 0.6) is 0 Å². The fourth-order valence-corrected chi connectivity index (χ4v) is 4.81. The van der Waals surface area contributed by atoms with Gasteiger partial charge in [0.15, 0.2) is 0 Å². The lowest BCUT2D eigenvalue weighted by Gasteiger charge is -2.30. The van der Waals surface area contributed by atoms with E-state index in [-0.39, 0.29) is 36.6 Å². The predicted octanol–water partition coefficient (Wildman–Crippen LogP) is 3.48. The Balaban J connectivity index is 0.00000156. The number of nitrogens with one attached hydrogen (secondary N) is 2. The summed E-state index contributed by atoms with van der Waals surface area (Å²) in [5.41, 5.74) is 1.65. The van der Waals surface area contributed by atoms with Crippen LogP contribution in [0.15, 0.2) is 16.8 Å². The van der Waals surface area contributed by atoms with Gasteiger partial charge in [0.25, 0.3) is 0 Å². The number of piperidine rings is 1. The molecule has 3 rings (SSSR count). The molecule has 2 unspecified atom stereocenters. The van der Waals surface area contributed by atoms with E-state index < -0.39 is 0 Å². The summed E-state index contributed by atoms with van der Waals surface area (Å²) in [7, 11) is 0. The van der Waals surface area contributed by atoms with E-state index >= 15 is 0 Å². The molecule has 2 fully saturated rings. The Kier molecular flexibility index (Phi) is 9.19. The van der Waals surface area contributed by atoms with Gasteiger partial charge in [0.1, 0.15) is 0 Å². The largest absolute Gasteiger partial charge is 0.354 e. The molecule has 1 amide bonds. The van der Waals surface area contributed by atoms with Crippen molar-refractivity contribution < 1.29 is 4.79 Å². The number of likely N-dealkylation sites (N-methyl/N-ethyl adjacent to an activating group) is 1. The number of hydrogen-bond donors (Lipinski definition) is 2. The van der Waals surface area contributed by atoms with Crippen LogP contribution in [0.3, 0.4) is 0 Å². The van der Waals surface area contributed by atoms with E-state index in [0.717, 1.165) is 52.0 Å².